The molecule has 0 radical (unpaired) electrons. The van der Waals surface area contributed by atoms with Crippen LogP contribution in [-0.2, 0) is 32.2 Å². The number of carbonyl (C=O) groups is 2. The minimum absolute atomic E-state index is 0.00843. The first-order valence-electron chi connectivity index (χ1n) is 14.9. The number of rotatable bonds is 12. The fourth-order valence-electron chi connectivity index (χ4n) is 5.52. The molecule has 7 nitrogen and oxygen atoms in total. The summed E-state index contributed by atoms with van der Waals surface area (Å²) in [5.41, 5.74) is 0.0558. The second kappa shape index (κ2) is 14.7. The molecule has 1 atom stereocenters. The van der Waals surface area contributed by atoms with E-state index in [1.807, 2.05) is 30.3 Å². The smallest absolute Gasteiger partial charge is 0.352 e. The van der Waals surface area contributed by atoms with E-state index in [2.05, 4.69) is 5.32 Å². The van der Waals surface area contributed by atoms with E-state index < -0.39 is 45.3 Å². The Kier molecular flexibility index (Phi) is 11.2. The number of halogens is 4. The standard InChI is InChI=1S/C33H37ClF3N3O4S/c1-3-30(32(42)38-25-11-7-8-12-25)39(20-19-24-9-5-4-6-10-24)31(41)22-40(45(43,44)27-16-13-23(2)14-17-27)26-15-18-29(34)28(21-26)33(35,36)37/h4-6,9-10,13-18,21,25,30H,3,7-8,11-12,19-20,22H2,1-2H3,(H,38,42). The van der Waals surface area contributed by atoms with E-state index in [-0.39, 0.29) is 35.5 Å². The van der Waals surface area contributed by atoms with Crippen LogP contribution in [0.2, 0.25) is 5.02 Å². The summed E-state index contributed by atoms with van der Waals surface area (Å²) in [6, 6.07) is 16.9. The third-order valence-electron chi connectivity index (χ3n) is 8.00. The molecule has 1 aliphatic rings. The number of nitrogens with zero attached hydrogens (tertiary/aromatic N) is 2. The lowest BCUT2D eigenvalue weighted by Gasteiger charge is -2.34. The summed E-state index contributed by atoms with van der Waals surface area (Å²) in [5.74, 6) is -1.07. The lowest BCUT2D eigenvalue weighted by atomic mass is 10.1. The minimum Gasteiger partial charge on any atom is -0.352 e. The van der Waals surface area contributed by atoms with Crippen molar-refractivity contribution in [3.8, 4) is 0 Å². The number of sulfonamides is 1. The maximum absolute atomic E-state index is 14.2. The zero-order valence-electron chi connectivity index (χ0n) is 25.2. The van der Waals surface area contributed by atoms with Gasteiger partial charge in [-0.1, -0.05) is 79.4 Å². The Hall–Kier alpha value is -3.57. The fraction of sp³-hybridized carbons (Fsp3) is 0.394. The number of amides is 2. The quantitative estimate of drug-likeness (QED) is 0.232. The van der Waals surface area contributed by atoms with E-state index in [1.54, 1.807) is 26.0 Å². The van der Waals surface area contributed by atoms with Crippen LogP contribution < -0.4 is 9.62 Å². The summed E-state index contributed by atoms with van der Waals surface area (Å²) in [7, 11) is -4.54. The van der Waals surface area contributed by atoms with Crippen LogP contribution in [0, 0.1) is 6.92 Å². The molecule has 0 spiro atoms. The molecule has 0 bridgehead atoms. The van der Waals surface area contributed by atoms with Crippen molar-refractivity contribution in [2.75, 3.05) is 17.4 Å². The van der Waals surface area contributed by atoms with Gasteiger partial charge in [0.2, 0.25) is 11.8 Å². The molecule has 45 heavy (non-hydrogen) atoms. The monoisotopic (exact) mass is 663 g/mol. The lowest BCUT2D eigenvalue weighted by Crippen LogP contribution is -2.54. The van der Waals surface area contributed by atoms with Gasteiger partial charge in [0.15, 0.2) is 0 Å². The Morgan fingerprint density at radius 1 is 1.00 bits per heavy atom. The van der Waals surface area contributed by atoms with Gasteiger partial charge >= 0.3 is 6.18 Å². The van der Waals surface area contributed by atoms with Gasteiger partial charge in [0.1, 0.15) is 12.6 Å². The van der Waals surface area contributed by atoms with Gasteiger partial charge in [0, 0.05) is 12.6 Å². The predicted octanol–water partition coefficient (Wildman–Crippen LogP) is 6.77. The first-order valence-corrected chi connectivity index (χ1v) is 16.7. The molecular formula is C33H37ClF3N3O4S. The fourth-order valence-corrected chi connectivity index (χ4v) is 7.15. The number of benzene rings is 3. The molecule has 3 aromatic rings. The maximum Gasteiger partial charge on any atom is 0.417 e. The van der Waals surface area contributed by atoms with Gasteiger partial charge in [-0.25, -0.2) is 8.42 Å². The Labute approximate surface area is 267 Å². The van der Waals surface area contributed by atoms with Gasteiger partial charge in [0.05, 0.1) is 21.2 Å². The molecule has 1 fully saturated rings. The number of hydrogen-bond donors (Lipinski definition) is 1. The van der Waals surface area contributed by atoms with E-state index in [9.17, 15) is 31.2 Å². The second-order valence-electron chi connectivity index (χ2n) is 11.2. The van der Waals surface area contributed by atoms with Crippen LogP contribution in [0.1, 0.15) is 55.7 Å². The number of hydrogen-bond acceptors (Lipinski definition) is 4. The van der Waals surface area contributed by atoms with E-state index in [0.717, 1.165) is 48.9 Å². The molecule has 4 rings (SSSR count). The molecular weight excluding hydrogens is 627 g/mol. The summed E-state index contributed by atoms with van der Waals surface area (Å²) >= 11 is 5.85. The average Bonchev–Trinajstić information content (AvgIpc) is 3.51. The Bertz CT molecular complexity index is 1580. The third kappa shape index (κ3) is 8.58. The van der Waals surface area contributed by atoms with Crippen molar-refractivity contribution >= 4 is 39.1 Å². The van der Waals surface area contributed by atoms with Crippen LogP contribution in [0.3, 0.4) is 0 Å². The highest BCUT2D eigenvalue weighted by molar-refractivity contribution is 7.92. The molecule has 1 aliphatic carbocycles. The third-order valence-corrected chi connectivity index (χ3v) is 10.1. The van der Waals surface area contributed by atoms with Crippen molar-refractivity contribution in [3.63, 3.8) is 0 Å². The minimum atomic E-state index is -4.87. The first-order chi connectivity index (χ1) is 21.3. The molecule has 2 amide bonds. The average molecular weight is 664 g/mol. The van der Waals surface area contributed by atoms with Crippen molar-refractivity contribution in [2.45, 2.75) is 75.5 Å². The highest BCUT2D eigenvalue weighted by Gasteiger charge is 2.37. The van der Waals surface area contributed by atoms with Gasteiger partial charge in [-0.05, 0) is 68.5 Å². The summed E-state index contributed by atoms with van der Waals surface area (Å²) in [5, 5.41) is 2.43. The van der Waals surface area contributed by atoms with Crippen LogP contribution >= 0.6 is 11.6 Å². The molecule has 242 valence electrons. The summed E-state index contributed by atoms with van der Waals surface area (Å²) < 4.78 is 70.2. The van der Waals surface area contributed by atoms with Gasteiger partial charge in [0.25, 0.3) is 10.0 Å². The molecule has 3 aromatic carbocycles. The van der Waals surface area contributed by atoms with Crippen molar-refractivity contribution in [1.82, 2.24) is 10.2 Å². The highest BCUT2D eigenvalue weighted by atomic mass is 35.5. The van der Waals surface area contributed by atoms with Gasteiger partial charge < -0.3 is 10.2 Å². The van der Waals surface area contributed by atoms with Gasteiger partial charge in [-0.15, -0.1) is 0 Å². The second-order valence-corrected chi connectivity index (χ2v) is 13.5. The number of anilines is 1. The number of nitrogens with one attached hydrogen (secondary N) is 1. The normalized spacial score (nSPS) is 14.6. The van der Waals surface area contributed by atoms with E-state index in [4.69, 9.17) is 11.6 Å². The topological polar surface area (TPSA) is 86.8 Å². The summed E-state index contributed by atoms with van der Waals surface area (Å²) in [6.07, 6.45) is -0.589. The number of aryl methyl sites for hydroxylation is 1. The molecule has 0 saturated heterocycles. The number of alkyl halides is 3. The summed E-state index contributed by atoms with van der Waals surface area (Å²) in [4.78, 5) is 28.8. The van der Waals surface area contributed by atoms with Crippen LogP contribution in [0.4, 0.5) is 18.9 Å². The lowest BCUT2D eigenvalue weighted by molar-refractivity contribution is -0.139. The van der Waals surface area contributed by atoms with E-state index in [1.165, 1.54) is 17.0 Å². The van der Waals surface area contributed by atoms with Crippen molar-refractivity contribution in [3.05, 3.63) is 94.5 Å². The Morgan fingerprint density at radius 2 is 1.64 bits per heavy atom. The molecule has 0 heterocycles. The zero-order chi connectivity index (χ0) is 32.8. The predicted molar refractivity (Wildman–Crippen MR) is 169 cm³/mol. The Balaban J connectivity index is 1.74. The number of carbonyl (C=O) groups excluding carboxylic acids is 2. The van der Waals surface area contributed by atoms with E-state index in [0.29, 0.717) is 16.8 Å². The van der Waals surface area contributed by atoms with Crippen molar-refractivity contribution in [1.29, 1.82) is 0 Å². The summed E-state index contributed by atoms with van der Waals surface area (Å²) in [6.45, 7) is 2.78. The SMILES string of the molecule is CCC(C(=O)NC1CCCC1)N(CCc1ccccc1)C(=O)CN(c1ccc(Cl)c(C(F)(F)F)c1)S(=O)(=O)c1ccc(C)cc1. The maximum atomic E-state index is 14.2. The van der Waals surface area contributed by atoms with E-state index >= 15 is 0 Å². The molecule has 1 unspecified atom stereocenters. The van der Waals surface area contributed by atoms with Crippen molar-refractivity contribution in [2.24, 2.45) is 0 Å². The molecule has 12 heteroatoms. The van der Waals surface area contributed by atoms with Crippen molar-refractivity contribution < 1.29 is 31.2 Å². The molecule has 1 saturated carbocycles. The van der Waals surface area contributed by atoms with Crippen LogP contribution in [-0.4, -0.2) is 50.3 Å². The van der Waals surface area contributed by atoms with Crippen LogP contribution in [0.5, 0.6) is 0 Å². The molecule has 0 aliphatic heterocycles. The van der Waals surface area contributed by atoms with Gasteiger partial charge in [-0.2, -0.15) is 13.2 Å². The molecule has 1 N–H and O–H groups in total. The van der Waals surface area contributed by atoms with Crippen LogP contribution in [0.25, 0.3) is 0 Å². The zero-order valence-corrected chi connectivity index (χ0v) is 26.8. The van der Waals surface area contributed by atoms with Gasteiger partial charge in [-0.3, -0.25) is 13.9 Å². The Morgan fingerprint density at radius 3 is 2.24 bits per heavy atom. The molecule has 0 aromatic heterocycles. The highest BCUT2D eigenvalue weighted by Crippen LogP contribution is 2.38. The first kappa shape index (κ1) is 34.3. The van der Waals surface area contributed by atoms with Crippen LogP contribution in [0.15, 0.2) is 77.7 Å². The largest absolute Gasteiger partial charge is 0.417 e.